The summed E-state index contributed by atoms with van der Waals surface area (Å²) in [5, 5.41) is 0. The minimum Gasteiger partial charge on any atom is -0.469 e. The number of carbonyl (C=O) groups is 2. The first-order valence-electron chi connectivity index (χ1n) is 4.66. The van der Waals surface area contributed by atoms with Gasteiger partial charge in [0.05, 0.1) is 19.4 Å². The lowest BCUT2D eigenvalue weighted by atomic mass is 9.92. The summed E-state index contributed by atoms with van der Waals surface area (Å²) in [6.45, 7) is 0. The lowest BCUT2D eigenvalue weighted by Crippen LogP contribution is -2.35. The van der Waals surface area contributed by atoms with Gasteiger partial charge in [0.15, 0.2) is 0 Å². The van der Waals surface area contributed by atoms with Crippen molar-refractivity contribution in [3.63, 3.8) is 0 Å². The van der Waals surface area contributed by atoms with Crippen LogP contribution in [0.1, 0.15) is 12.8 Å². The van der Waals surface area contributed by atoms with Crippen LogP contribution in [0.25, 0.3) is 0 Å². The van der Waals surface area contributed by atoms with Crippen LogP contribution < -0.4 is 5.73 Å². The molecule has 0 aromatic carbocycles. The maximum Gasteiger partial charge on any atom is 0.310 e. The molecule has 0 amide bonds. The summed E-state index contributed by atoms with van der Waals surface area (Å²) < 4.78 is 9.72. The molecule has 2 N–H and O–H groups in total. The molecule has 1 aliphatic heterocycles. The third kappa shape index (κ3) is 1.28. The van der Waals surface area contributed by atoms with Crippen LogP contribution in [-0.2, 0) is 19.1 Å². The van der Waals surface area contributed by atoms with Crippen molar-refractivity contribution in [2.24, 2.45) is 17.6 Å². The molecule has 1 heterocycles. The fourth-order valence-electron chi connectivity index (χ4n) is 2.43. The first-order valence-corrected chi connectivity index (χ1v) is 4.66. The molecule has 2 rings (SSSR count). The van der Waals surface area contributed by atoms with E-state index in [2.05, 4.69) is 4.74 Å². The van der Waals surface area contributed by atoms with Crippen molar-refractivity contribution in [3.8, 4) is 0 Å². The number of esters is 2. The van der Waals surface area contributed by atoms with Crippen LogP contribution in [0.4, 0.5) is 0 Å². The third-order valence-corrected chi connectivity index (χ3v) is 3.06. The van der Waals surface area contributed by atoms with Gasteiger partial charge in [-0.1, -0.05) is 0 Å². The van der Waals surface area contributed by atoms with Crippen molar-refractivity contribution in [1.29, 1.82) is 0 Å². The minimum absolute atomic E-state index is 0.0788. The zero-order valence-electron chi connectivity index (χ0n) is 7.93. The van der Waals surface area contributed by atoms with Gasteiger partial charge in [-0.2, -0.15) is 0 Å². The second-order valence-corrected chi connectivity index (χ2v) is 3.84. The van der Waals surface area contributed by atoms with Gasteiger partial charge in [0.25, 0.3) is 0 Å². The zero-order valence-corrected chi connectivity index (χ0v) is 7.93. The lowest BCUT2D eigenvalue weighted by molar-refractivity contribution is -0.147. The van der Waals surface area contributed by atoms with Gasteiger partial charge < -0.3 is 15.2 Å². The van der Waals surface area contributed by atoms with E-state index in [0.29, 0.717) is 6.42 Å². The van der Waals surface area contributed by atoms with Crippen molar-refractivity contribution in [2.45, 2.75) is 25.0 Å². The highest BCUT2D eigenvalue weighted by Crippen LogP contribution is 2.40. The van der Waals surface area contributed by atoms with Crippen LogP contribution in [0.3, 0.4) is 0 Å². The fourth-order valence-corrected chi connectivity index (χ4v) is 2.43. The molecule has 1 saturated carbocycles. The second kappa shape index (κ2) is 3.24. The SMILES string of the molecule is COC(=O)[C@H]1[C@@H]2CC(=O)O[C@@H]2C[C@@H]1N. The van der Waals surface area contributed by atoms with Gasteiger partial charge in [-0.25, -0.2) is 0 Å². The first kappa shape index (κ1) is 9.45. The van der Waals surface area contributed by atoms with Gasteiger partial charge in [0.1, 0.15) is 6.10 Å². The van der Waals surface area contributed by atoms with Crippen LogP contribution in [0.5, 0.6) is 0 Å². The smallest absolute Gasteiger partial charge is 0.310 e. The van der Waals surface area contributed by atoms with Crippen LogP contribution in [0.2, 0.25) is 0 Å². The number of nitrogens with two attached hydrogens (primary N) is 1. The monoisotopic (exact) mass is 199 g/mol. The van der Waals surface area contributed by atoms with Gasteiger partial charge in [-0.3, -0.25) is 9.59 Å². The molecule has 2 fully saturated rings. The largest absolute Gasteiger partial charge is 0.469 e. The number of ether oxygens (including phenoxy) is 2. The Morgan fingerprint density at radius 1 is 1.64 bits per heavy atom. The van der Waals surface area contributed by atoms with Crippen molar-refractivity contribution in [1.82, 2.24) is 0 Å². The van der Waals surface area contributed by atoms with Gasteiger partial charge in [-0.05, 0) is 0 Å². The topological polar surface area (TPSA) is 78.6 Å². The molecule has 14 heavy (non-hydrogen) atoms. The Morgan fingerprint density at radius 2 is 2.36 bits per heavy atom. The van der Waals surface area contributed by atoms with E-state index in [1.165, 1.54) is 7.11 Å². The fraction of sp³-hybridized carbons (Fsp3) is 0.778. The number of fused-ring (bicyclic) bond motifs is 1. The zero-order chi connectivity index (χ0) is 10.3. The highest BCUT2D eigenvalue weighted by Gasteiger charge is 2.52. The Bertz CT molecular complexity index is 278. The molecular formula is C9H13NO4. The number of carbonyl (C=O) groups excluding carboxylic acids is 2. The molecule has 1 aliphatic carbocycles. The number of hydrogen-bond acceptors (Lipinski definition) is 5. The summed E-state index contributed by atoms with van der Waals surface area (Å²) in [5.41, 5.74) is 5.80. The molecular weight excluding hydrogens is 186 g/mol. The number of methoxy groups -OCH3 is 1. The summed E-state index contributed by atoms with van der Waals surface area (Å²) in [6, 6.07) is -0.245. The van der Waals surface area contributed by atoms with Gasteiger partial charge in [0.2, 0.25) is 0 Å². The van der Waals surface area contributed by atoms with Crippen LogP contribution >= 0.6 is 0 Å². The van der Waals surface area contributed by atoms with Gasteiger partial charge in [0, 0.05) is 18.4 Å². The van der Waals surface area contributed by atoms with E-state index in [1.54, 1.807) is 0 Å². The Labute approximate surface area is 81.5 Å². The standard InChI is InChI=1S/C9H13NO4/c1-13-9(12)8-4-2-7(11)14-6(4)3-5(8)10/h4-6,8H,2-3,10H2,1H3/t4-,5+,6-,8+/m1/s1. The summed E-state index contributed by atoms with van der Waals surface area (Å²) >= 11 is 0. The lowest BCUT2D eigenvalue weighted by Gasteiger charge is -2.16. The van der Waals surface area contributed by atoms with Crippen molar-refractivity contribution in [3.05, 3.63) is 0 Å². The molecule has 78 valence electrons. The summed E-state index contributed by atoms with van der Waals surface area (Å²) in [5.74, 6) is -1.02. The average molecular weight is 199 g/mol. The Morgan fingerprint density at radius 3 is 3.00 bits per heavy atom. The van der Waals surface area contributed by atoms with Gasteiger partial charge >= 0.3 is 11.9 Å². The Balaban J connectivity index is 2.16. The maximum absolute atomic E-state index is 11.4. The molecule has 1 saturated heterocycles. The predicted octanol–water partition coefficient (Wildman–Crippen LogP) is -0.562. The quantitative estimate of drug-likeness (QED) is 0.572. The number of hydrogen-bond donors (Lipinski definition) is 1. The van der Waals surface area contributed by atoms with Crippen molar-refractivity contribution < 1.29 is 19.1 Å². The summed E-state index contributed by atoms with van der Waals surface area (Å²) in [7, 11) is 1.33. The van der Waals surface area contributed by atoms with E-state index >= 15 is 0 Å². The van der Waals surface area contributed by atoms with Crippen LogP contribution in [-0.4, -0.2) is 31.2 Å². The third-order valence-electron chi connectivity index (χ3n) is 3.06. The van der Waals surface area contributed by atoms with E-state index < -0.39 is 0 Å². The van der Waals surface area contributed by atoms with Crippen LogP contribution in [0.15, 0.2) is 0 Å². The highest BCUT2D eigenvalue weighted by molar-refractivity contribution is 5.78. The van der Waals surface area contributed by atoms with E-state index in [9.17, 15) is 9.59 Å². The summed E-state index contributed by atoms with van der Waals surface area (Å²) in [6.07, 6.45) is 0.676. The predicted molar refractivity (Wildman–Crippen MR) is 46.1 cm³/mol. The molecule has 5 heteroatoms. The molecule has 0 radical (unpaired) electrons. The second-order valence-electron chi connectivity index (χ2n) is 3.84. The molecule has 0 aromatic heterocycles. The molecule has 5 nitrogen and oxygen atoms in total. The normalized spacial score (nSPS) is 40.6. The molecule has 0 bridgehead atoms. The average Bonchev–Trinajstić information content (AvgIpc) is 2.58. The maximum atomic E-state index is 11.4. The molecule has 4 atom stereocenters. The Hall–Kier alpha value is -1.10. The van der Waals surface area contributed by atoms with Crippen molar-refractivity contribution in [2.75, 3.05) is 7.11 Å². The van der Waals surface area contributed by atoms with Crippen molar-refractivity contribution >= 4 is 11.9 Å². The van der Waals surface area contributed by atoms with Gasteiger partial charge in [-0.15, -0.1) is 0 Å². The molecule has 0 aromatic rings. The minimum atomic E-state index is -0.378. The van der Waals surface area contributed by atoms with Crippen LogP contribution in [0, 0.1) is 11.8 Å². The molecule has 2 aliphatic rings. The number of rotatable bonds is 1. The van der Waals surface area contributed by atoms with E-state index in [0.717, 1.165) is 0 Å². The van der Waals surface area contributed by atoms with E-state index in [-0.39, 0.29) is 42.3 Å². The first-order chi connectivity index (χ1) is 6.63. The van der Waals surface area contributed by atoms with E-state index in [4.69, 9.17) is 10.5 Å². The molecule has 0 spiro atoms. The Kier molecular flexibility index (Phi) is 2.19. The summed E-state index contributed by atoms with van der Waals surface area (Å²) in [4.78, 5) is 22.4. The molecule has 0 unspecified atom stereocenters. The highest BCUT2D eigenvalue weighted by atomic mass is 16.6. The van der Waals surface area contributed by atoms with E-state index in [1.807, 2.05) is 0 Å².